The van der Waals surface area contributed by atoms with Crippen LogP contribution in [-0.2, 0) is 30.3 Å². The summed E-state index contributed by atoms with van der Waals surface area (Å²) in [5.74, 6) is -3.06. The molecule has 0 aromatic heterocycles. The van der Waals surface area contributed by atoms with Crippen LogP contribution in [-0.4, -0.2) is 65.7 Å². The minimum atomic E-state index is -1.21. The highest BCUT2D eigenvalue weighted by Crippen LogP contribution is 2.08. The van der Waals surface area contributed by atoms with Gasteiger partial charge in [-0.3, -0.25) is 19.2 Å². The van der Waals surface area contributed by atoms with Crippen molar-refractivity contribution in [2.24, 2.45) is 5.92 Å². The number of hydrogen-bond donors (Lipinski definition) is 5. The Kier molecular flexibility index (Phi) is 11.7. The summed E-state index contributed by atoms with van der Waals surface area (Å²) in [6.45, 7) is 7.78. The van der Waals surface area contributed by atoms with Crippen LogP contribution < -0.4 is 21.3 Å². The van der Waals surface area contributed by atoms with Gasteiger partial charge in [0, 0.05) is 6.42 Å². The lowest BCUT2D eigenvalue weighted by Crippen LogP contribution is -2.56. The van der Waals surface area contributed by atoms with Gasteiger partial charge in [0.1, 0.15) is 30.8 Å². The van der Waals surface area contributed by atoms with Gasteiger partial charge in [-0.2, -0.15) is 0 Å². The van der Waals surface area contributed by atoms with E-state index < -0.39 is 60.6 Å². The number of carbonyl (C=O) groups excluding carboxylic acids is 4. The van der Waals surface area contributed by atoms with Gasteiger partial charge in [-0.15, -0.1) is 0 Å². The van der Waals surface area contributed by atoms with Crippen LogP contribution in [0.1, 0.15) is 46.6 Å². The zero-order valence-electron chi connectivity index (χ0n) is 20.8. The highest BCUT2D eigenvalue weighted by Gasteiger charge is 2.28. The summed E-state index contributed by atoms with van der Waals surface area (Å²) in [5, 5.41) is 18.6. The number of carbonyl (C=O) groups is 5. The topological polar surface area (TPSA) is 163 Å². The summed E-state index contributed by atoms with van der Waals surface area (Å²) in [6, 6.07) is 6.93. The molecule has 4 amide bonds. The number of carboxylic acids is 1. The van der Waals surface area contributed by atoms with E-state index in [2.05, 4.69) is 21.3 Å². The number of carboxylic acid groups (broad SMARTS) is 1. The van der Waals surface area contributed by atoms with Crippen molar-refractivity contribution in [2.45, 2.75) is 65.1 Å². The van der Waals surface area contributed by atoms with Gasteiger partial charge in [-0.25, -0.2) is 4.79 Å². The summed E-state index contributed by atoms with van der Waals surface area (Å²) in [7, 11) is 0. The first-order valence-corrected chi connectivity index (χ1v) is 11.4. The van der Waals surface area contributed by atoms with E-state index in [1.165, 1.54) is 0 Å². The fourth-order valence-corrected chi connectivity index (χ4v) is 3.03. The van der Waals surface area contributed by atoms with Crippen molar-refractivity contribution in [3.05, 3.63) is 35.9 Å². The van der Waals surface area contributed by atoms with Crippen molar-refractivity contribution in [2.75, 3.05) is 13.1 Å². The van der Waals surface area contributed by atoms with Crippen LogP contribution in [0, 0.1) is 5.92 Å². The van der Waals surface area contributed by atoms with Crippen LogP contribution in [0.25, 0.3) is 0 Å². The van der Waals surface area contributed by atoms with Gasteiger partial charge in [-0.1, -0.05) is 44.2 Å². The Bertz CT molecular complexity index is 882. The predicted molar refractivity (Wildman–Crippen MR) is 128 cm³/mol. The number of amides is 4. The SMILES string of the molecule is CC(C)CC(NC(=O)C(Cc1ccccc1)NC(=O)CNC(=O)OC(C)(C)C)C(=O)NCC(=O)O. The average molecular weight is 493 g/mol. The Labute approximate surface area is 205 Å². The van der Waals surface area contributed by atoms with E-state index in [9.17, 15) is 24.0 Å². The van der Waals surface area contributed by atoms with Gasteiger partial charge in [-0.05, 0) is 38.7 Å². The molecule has 0 heterocycles. The maximum Gasteiger partial charge on any atom is 0.408 e. The molecule has 1 aromatic rings. The number of aliphatic carboxylic acids is 1. The van der Waals surface area contributed by atoms with Crippen LogP contribution in [0.4, 0.5) is 4.79 Å². The number of rotatable bonds is 12. The minimum Gasteiger partial charge on any atom is -0.480 e. The molecule has 2 atom stereocenters. The van der Waals surface area contributed by atoms with Crippen molar-refractivity contribution >= 4 is 29.8 Å². The molecule has 194 valence electrons. The Morgan fingerprint density at radius 1 is 0.886 bits per heavy atom. The van der Waals surface area contributed by atoms with E-state index in [1.54, 1.807) is 45.0 Å². The van der Waals surface area contributed by atoms with Crippen molar-refractivity contribution in [3.63, 3.8) is 0 Å². The van der Waals surface area contributed by atoms with Crippen LogP contribution in [0.2, 0.25) is 0 Å². The molecule has 2 unspecified atom stereocenters. The standard InChI is InChI=1S/C24H36N4O7/c1-15(2)11-17(21(32)25-14-20(30)31)28-22(33)18(12-16-9-7-6-8-10-16)27-19(29)13-26-23(34)35-24(3,4)5/h6-10,15,17-18H,11-14H2,1-5H3,(H,25,32)(H,26,34)(H,27,29)(H,28,33)(H,30,31). The molecule has 5 N–H and O–H groups in total. The van der Waals surface area contributed by atoms with E-state index >= 15 is 0 Å². The summed E-state index contributed by atoms with van der Waals surface area (Å²) in [4.78, 5) is 60.7. The number of ether oxygens (including phenoxy) is 1. The number of benzene rings is 1. The third-order valence-corrected chi connectivity index (χ3v) is 4.48. The van der Waals surface area contributed by atoms with E-state index in [4.69, 9.17) is 9.84 Å². The first kappa shape index (κ1) is 29.4. The molecule has 0 saturated carbocycles. The Hall–Kier alpha value is -3.63. The molecule has 0 bridgehead atoms. The first-order valence-electron chi connectivity index (χ1n) is 11.4. The average Bonchev–Trinajstić information content (AvgIpc) is 2.74. The van der Waals surface area contributed by atoms with Crippen molar-refractivity contribution in [3.8, 4) is 0 Å². The lowest BCUT2D eigenvalue weighted by Gasteiger charge is -2.24. The van der Waals surface area contributed by atoms with E-state index in [-0.39, 0.29) is 18.8 Å². The molecule has 0 radical (unpaired) electrons. The molecular formula is C24H36N4O7. The molecule has 1 rings (SSSR count). The smallest absolute Gasteiger partial charge is 0.408 e. The van der Waals surface area contributed by atoms with E-state index in [0.29, 0.717) is 0 Å². The second kappa shape index (κ2) is 13.9. The molecule has 0 aliphatic heterocycles. The van der Waals surface area contributed by atoms with Crippen LogP contribution in [0.15, 0.2) is 30.3 Å². The zero-order valence-corrected chi connectivity index (χ0v) is 20.8. The number of nitrogens with one attached hydrogen (secondary N) is 4. The molecule has 11 heteroatoms. The Morgan fingerprint density at radius 3 is 2.06 bits per heavy atom. The van der Waals surface area contributed by atoms with Crippen molar-refractivity contribution in [1.82, 2.24) is 21.3 Å². The fourth-order valence-electron chi connectivity index (χ4n) is 3.03. The zero-order chi connectivity index (χ0) is 26.6. The summed E-state index contributed by atoms with van der Waals surface area (Å²) < 4.78 is 5.10. The fraction of sp³-hybridized carbons (Fsp3) is 0.542. The normalized spacial score (nSPS) is 12.7. The molecular weight excluding hydrogens is 456 g/mol. The van der Waals surface area contributed by atoms with Crippen molar-refractivity contribution < 1.29 is 33.8 Å². The predicted octanol–water partition coefficient (Wildman–Crippen LogP) is 0.970. The summed E-state index contributed by atoms with van der Waals surface area (Å²) >= 11 is 0. The number of hydrogen-bond acceptors (Lipinski definition) is 6. The monoisotopic (exact) mass is 492 g/mol. The van der Waals surface area contributed by atoms with Gasteiger partial charge < -0.3 is 31.1 Å². The maximum atomic E-state index is 13.1. The molecule has 0 aliphatic carbocycles. The molecule has 0 aliphatic rings. The lowest BCUT2D eigenvalue weighted by molar-refractivity contribution is -0.138. The molecule has 1 aromatic carbocycles. The minimum absolute atomic E-state index is 0.0241. The third kappa shape index (κ3) is 13.0. The molecule has 35 heavy (non-hydrogen) atoms. The van der Waals surface area contributed by atoms with E-state index in [0.717, 1.165) is 5.56 Å². The molecule has 0 saturated heterocycles. The van der Waals surface area contributed by atoms with Gasteiger partial charge in [0.05, 0.1) is 0 Å². The lowest BCUT2D eigenvalue weighted by atomic mass is 10.0. The van der Waals surface area contributed by atoms with Crippen LogP contribution in [0.3, 0.4) is 0 Å². The van der Waals surface area contributed by atoms with Crippen molar-refractivity contribution in [1.29, 1.82) is 0 Å². The molecule has 11 nitrogen and oxygen atoms in total. The first-order chi connectivity index (χ1) is 16.3. The quantitative estimate of drug-likeness (QED) is 0.290. The third-order valence-electron chi connectivity index (χ3n) is 4.48. The Morgan fingerprint density at radius 2 is 1.51 bits per heavy atom. The summed E-state index contributed by atoms with van der Waals surface area (Å²) in [5.41, 5.74) is 0.0342. The molecule has 0 spiro atoms. The van der Waals surface area contributed by atoms with Gasteiger partial charge in [0.25, 0.3) is 0 Å². The van der Waals surface area contributed by atoms with Gasteiger partial charge in [0.15, 0.2) is 0 Å². The second-order valence-electron chi connectivity index (χ2n) is 9.47. The number of alkyl carbamates (subject to hydrolysis) is 1. The van der Waals surface area contributed by atoms with Crippen LogP contribution in [0.5, 0.6) is 0 Å². The molecule has 0 fully saturated rings. The van der Waals surface area contributed by atoms with Crippen LogP contribution >= 0.6 is 0 Å². The highest BCUT2D eigenvalue weighted by molar-refractivity contribution is 5.93. The second-order valence-corrected chi connectivity index (χ2v) is 9.47. The summed E-state index contributed by atoms with van der Waals surface area (Å²) in [6.07, 6.45) is -0.372. The van der Waals surface area contributed by atoms with Gasteiger partial charge in [0.2, 0.25) is 17.7 Å². The maximum absolute atomic E-state index is 13.1. The van der Waals surface area contributed by atoms with Gasteiger partial charge >= 0.3 is 12.1 Å². The largest absolute Gasteiger partial charge is 0.480 e. The van der Waals surface area contributed by atoms with E-state index in [1.807, 2.05) is 19.9 Å². The highest BCUT2D eigenvalue weighted by atomic mass is 16.6. The Balaban J connectivity index is 2.93.